The van der Waals surface area contributed by atoms with Crippen LogP contribution in [0.4, 0.5) is 0 Å². The van der Waals surface area contributed by atoms with Gasteiger partial charge in [-0.15, -0.1) is 0 Å². The minimum Gasteiger partial charge on any atom is -0.461 e. The lowest BCUT2D eigenvalue weighted by atomic mass is 10.00. The Morgan fingerprint density at radius 2 is 1.56 bits per heavy atom. The van der Waals surface area contributed by atoms with Gasteiger partial charge < -0.3 is 13.7 Å². The quantitative estimate of drug-likeness (QED) is 0.404. The average Bonchev–Trinajstić information content (AvgIpc) is 3.11. The van der Waals surface area contributed by atoms with Crippen LogP contribution in [0.25, 0.3) is 21.9 Å². The van der Waals surface area contributed by atoms with E-state index in [1.54, 1.807) is 6.07 Å². The summed E-state index contributed by atoms with van der Waals surface area (Å²) < 4.78 is 11.4. The zero-order valence-electron chi connectivity index (χ0n) is 20.0. The highest BCUT2D eigenvalue weighted by Crippen LogP contribution is 2.31. The molecule has 0 saturated carbocycles. The molecule has 3 heterocycles. The summed E-state index contributed by atoms with van der Waals surface area (Å²) in [6.45, 7) is 9.96. The van der Waals surface area contributed by atoms with Gasteiger partial charge in [-0.1, -0.05) is 30.3 Å². The first-order chi connectivity index (χ1) is 16.4. The fourth-order valence-electron chi connectivity index (χ4n) is 4.90. The van der Waals surface area contributed by atoms with Crippen LogP contribution in [-0.2, 0) is 17.8 Å². The van der Waals surface area contributed by atoms with Gasteiger partial charge in [-0.3, -0.25) is 9.69 Å². The summed E-state index contributed by atoms with van der Waals surface area (Å²) in [6.07, 6.45) is 0.691. The average molecular weight is 459 g/mol. The van der Waals surface area contributed by atoms with Gasteiger partial charge in [0.1, 0.15) is 16.9 Å². The number of rotatable bonds is 5. The molecule has 1 saturated heterocycles. The van der Waals surface area contributed by atoms with Crippen molar-refractivity contribution < 1.29 is 13.6 Å². The van der Waals surface area contributed by atoms with Crippen LogP contribution in [0.2, 0.25) is 0 Å². The van der Waals surface area contributed by atoms with Crippen molar-refractivity contribution in [3.05, 3.63) is 80.9 Å². The van der Waals surface area contributed by atoms with E-state index in [1.165, 1.54) is 5.56 Å². The Labute approximate surface area is 198 Å². The molecule has 0 N–H and O–H groups in total. The number of furan rings is 1. The van der Waals surface area contributed by atoms with Gasteiger partial charge in [-0.25, -0.2) is 4.79 Å². The van der Waals surface area contributed by atoms with Gasteiger partial charge in [0.15, 0.2) is 0 Å². The molecule has 1 aliphatic heterocycles. The lowest BCUT2D eigenvalue weighted by Crippen LogP contribution is -2.48. The molecule has 6 nitrogen and oxygen atoms in total. The van der Waals surface area contributed by atoms with Gasteiger partial charge >= 0.3 is 5.63 Å². The molecule has 1 amide bonds. The molecule has 0 spiro atoms. The summed E-state index contributed by atoms with van der Waals surface area (Å²) in [5, 5.41) is 1.92. The normalized spacial score (nSPS) is 14.9. The zero-order chi connectivity index (χ0) is 23.8. The van der Waals surface area contributed by atoms with Crippen molar-refractivity contribution in [1.82, 2.24) is 9.80 Å². The van der Waals surface area contributed by atoms with E-state index in [0.29, 0.717) is 37.1 Å². The summed E-state index contributed by atoms with van der Waals surface area (Å²) >= 11 is 0. The minimum absolute atomic E-state index is 0.0926. The number of fused-ring (bicyclic) bond motifs is 2. The van der Waals surface area contributed by atoms with E-state index in [1.807, 2.05) is 37.8 Å². The first kappa shape index (κ1) is 22.4. The number of carbonyl (C=O) groups is 1. The van der Waals surface area contributed by atoms with Gasteiger partial charge in [0.2, 0.25) is 5.91 Å². The highest BCUT2D eigenvalue weighted by molar-refractivity contribution is 5.96. The second kappa shape index (κ2) is 9.11. The van der Waals surface area contributed by atoms with Gasteiger partial charge in [0.25, 0.3) is 0 Å². The van der Waals surface area contributed by atoms with Crippen molar-refractivity contribution in [1.29, 1.82) is 0 Å². The SMILES string of the molecule is Cc1oc2cc3oc(=O)c(CCC(=O)N4CCN(Cc5ccccc5)CC4)c(C)c3cc2c1C. The molecule has 0 atom stereocenters. The predicted molar refractivity (Wildman–Crippen MR) is 133 cm³/mol. The van der Waals surface area contributed by atoms with Crippen molar-refractivity contribution in [3.8, 4) is 0 Å². The Balaban J connectivity index is 1.26. The van der Waals surface area contributed by atoms with E-state index in [0.717, 1.165) is 52.9 Å². The Hall–Kier alpha value is -3.38. The molecule has 6 heteroatoms. The fourth-order valence-corrected chi connectivity index (χ4v) is 4.90. The number of nitrogens with zero attached hydrogens (tertiary/aromatic N) is 2. The third kappa shape index (κ3) is 4.26. The molecule has 0 unspecified atom stereocenters. The van der Waals surface area contributed by atoms with E-state index in [-0.39, 0.29) is 11.5 Å². The largest absolute Gasteiger partial charge is 0.461 e. The Morgan fingerprint density at radius 1 is 0.882 bits per heavy atom. The van der Waals surface area contributed by atoms with Crippen LogP contribution in [0.1, 0.15) is 34.4 Å². The van der Waals surface area contributed by atoms with E-state index < -0.39 is 0 Å². The lowest BCUT2D eigenvalue weighted by Gasteiger charge is -2.34. The first-order valence-corrected chi connectivity index (χ1v) is 11.9. The molecule has 0 radical (unpaired) electrons. The highest BCUT2D eigenvalue weighted by Gasteiger charge is 2.22. The third-order valence-electron chi connectivity index (χ3n) is 7.15. The molecule has 2 aromatic heterocycles. The molecule has 1 fully saturated rings. The second-order valence-corrected chi connectivity index (χ2v) is 9.26. The first-order valence-electron chi connectivity index (χ1n) is 11.9. The second-order valence-electron chi connectivity index (χ2n) is 9.26. The molecule has 0 bridgehead atoms. The summed E-state index contributed by atoms with van der Waals surface area (Å²) in [5.41, 5.74) is 4.72. The molecule has 2 aromatic carbocycles. The molecule has 5 rings (SSSR count). The standard InChI is InChI=1S/C28H30N2O4/c1-18-20(3)33-25-16-26-24(15-23(18)25)19(2)22(28(32)34-26)9-10-27(31)30-13-11-29(12-14-30)17-21-7-5-4-6-8-21/h4-8,15-16H,9-14,17H2,1-3H3. The van der Waals surface area contributed by atoms with E-state index in [9.17, 15) is 9.59 Å². The van der Waals surface area contributed by atoms with Crippen LogP contribution in [-0.4, -0.2) is 41.9 Å². The number of carbonyl (C=O) groups excluding carboxylic acids is 1. The number of aryl methyl sites for hydroxylation is 3. The van der Waals surface area contributed by atoms with Gasteiger partial charge in [-0.05, 0) is 49.9 Å². The maximum atomic E-state index is 12.9. The molecule has 4 aromatic rings. The van der Waals surface area contributed by atoms with Crippen LogP contribution >= 0.6 is 0 Å². The van der Waals surface area contributed by atoms with Crippen LogP contribution in [0.3, 0.4) is 0 Å². The Bertz CT molecular complexity index is 1410. The van der Waals surface area contributed by atoms with Gasteiger partial charge in [0.05, 0.1) is 0 Å². The fraction of sp³-hybridized carbons (Fsp3) is 0.357. The number of hydrogen-bond acceptors (Lipinski definition) is 5. The van der Waals surface area contributed by atoms with Crippen LogP contribution in [0.15, 0.2) is 56.1 Å². The molecule has 0 aliphatic carbocycles. The van der Waals surface area contributed by atoms with Gasteiger partial charge in [-0.2, -0.15) is 0 Å². The zero-order valence-corrected chi connectivity index (χ0v) is 20.0. The van der Waals surface area contributed by atoms with Crippen molar-refractivity contribution in [2.45, 2.75) is 40.2 Å². The van der Waals surface area contributed by atoms with Gasteiger partial charge in [0, 0.05) is 61.5 Å². The molecule has 1 aliphatic rings. The summed E-state index contributed by atoms with van der Waals surface area (Å²) in [5.74, 6) is 0.954. The van der Waals surface area contributed by atoms with E-state index in [2.05, 4.69) is 29.2 Å². The summed E-state index contributed by atoms with van der Waals surface area (Å²) in [6, 6.07) is 14.2. The minimum atomic E-state index is -0.371. The summed E-state index contributed by atoms with van der Waals surface area (Å²) in [4.78, 5) is 29.9. The van der Waals surface area contributed by atoms with Crippen LogP contribution in [0, 0.1) is 20.8 Å². The van der Waals surface area contributed by atoms with E-state index >= 15 is 0 Å². The maximum Gasteiger partial charge on any atom is 0.339 e. The van der Waals surface area contributed by atoms with Crippen LogP contribution in [0.5, 0.6) is 0 Å². The smallest absolute Gasteiger partial charge is 0.339 e. The number of amides is 1. The Morgan fingerprint density at radius 3 is 2.29 bits per heavy atom. The topological polar surface area (TPSA) is 66.9 Å². The summed E-state index contributed by atoms with van der Waals surface area (Å²) in [7, 11) is 0. The molecular weight excluding hydrogens is 428 g/mol. The lowest BCUT2D eigenvalue weighted by molar-refractivity contribution is -0.133. The number of benzene rings is 2. The number of piperazine rings is 1. The van der Waals surface area contributed by atoms with E-state index in [4.69, 9.17) is 8.83 Å². The van der Waals surface area contributed by atoms with Crippen LogP contribution < -0.4 is 5.63 Å². The van der Waals surface area contributed by atoms with Crippen molar-refractivity contribution in [2.24, 2.45) is 0 Å². The molecular formula is C28H30N2O4. The predicted octanol–water partition coefficient (Wildman–Crippen LogP) is 4.74. The third-order valence-corrected chi connectivity index (χ3v) is 7.15. The molecule has 176 valence electrons. The Kier molecular flexibility index (Phi) is 6.00. The molecule has 34 heavy (non-hydrogen) atoms. The number of hydrogen-bond donors (Lipinski definition) is 0. The maximum absolute atomic E-state index is 12.9. The highest BCUT2D eigenvalue weighted by atomic mass is 16.4. The van der Waals surface area contributed by atoms with Crippen molar-refractivity contribution in [2.75, 3.05) is 26.2 Å². The van der Waals surface area contributed by atoms with Crippen molar-refractivity contribution in [3.63, 3.8) is 0 Å². The monoisotopic (exact) mass is 458 g/mol. The van der Waals surface area contributed by atoms with Crippen molar-refractivity contribution >= 4 is 27.8 Å².